The molecule has 2 heterocycles. The lowest BCUT2D eigenvalue weighted by atomic mass is 10.2. The first-order chi connectivity index (χ1) is 12.6. The number of aromatic nitrogens is 1. The van der Waals surface area contributed by atoms with Gasteiger partial charge in [0.2, 0.25) is 0 Å². The summed E-state index contributed by atoms with van der Waals surface area (Å²) in [4.78, 5) is 19.7. The number of carbonyl (C=O) groups excluding carboxylic acids is 1. The Kier molecular flexibility index (Phi) is 5.94. The fourth-order valence-corrected chi connectivity index (χ4v) is 3.02. The molecular weight excluding hydrogens is 375 g/mol. The Bertz CT molecular complexity index is 830. The van der Waals surface area contributed by atoms with Gasteiger partial charge in [0.1, 0.15) is 6.07 Å². The van der Waals surface area contributed by atoms with Crippen LogP contribution in [0.25, 0.3) is 0 Å². The molecule has 0 N–H and O–H groups in total. The minimum atomic E-state index is -0.683. The Morgan fingerprint density at radius 1 is 1.31 bits per heavy atom. The average molecular weight is 391 g/mol. The molecule has 3 rings (SSSR count). The van der Waals surface area contributed by atoms with Crippen LogP contribution in [0.4, 0.5) is 16.2 Å². The van der Waals surface area contributed by atoms with Gasteiger partial charge in [-0.25, -0.2) is 4.98 Å². The quantitative estimate of drug-likeness (QED) is 0.586. The second kappa shape index (κ2) is 8.37. The van der Waals surface area contributed by atoms with E-state index in [-0.39, 0.29) is 12.2 Å². The third kappa shape index (κ3) is 4.25. The molecule has 0 saturated carbocycles. The molecule has 0 aliphatic carbocycles. The first-order valence-corrected chi connectivity index (χ1v) is 8.78. The summed E-state index contributed by atoms with van der Waals surface area (Å²) < 4.78 is 5.36. The van der Waals surface area contributed by atoms with E-state index in [9.17, 15) is 10.1 Å². The third-order valence-electron chi connectivity index (χ3n) is 4.09. The van der Waals surface area contributed by atoms with Crippen molar-refractivity contribution in [3.8, 4) is 6.07 Å². The van der Waals surface area contributed by atoms with Gasteiger partial charge in [0, 0.05) is 18.1 Å². The lowest BCUT2D eigenvalue weighted by Crippen LogP contribution is -2.36. The maximum absolute atomic E-state index is 12.1. The number of anilines is 2. The minimum Gasteiger partial charge on any atom is -0.378 e. The van der Waals surface area contributed by atoms with Gasteiger partial charge in [-0.2, -0.15) is 5.26 Å². The summed E-state index contributed by atoms with van der Waals surface area (Å²) in [5.74, 6) is 0. The predicted molar refractivity (Wildman–Crippen MR) is 101 cm³/mol. The highest BCUT2D eigenvalue weighted by Crippen LogP contribution is 2.28. The van der Waals surface area contributed by atoms with Crippen molar-refractivity contribution in [2.75, 3.05) is 36.1 Å². The number of morpholine rings is 1. The molecule has 2 aromatic rings. The SMILES string of the molecule is N#Cc1ncc(N2CCOCC2)cc1N(Cc1ccc(Cl)cc1)C(=O)Cl. The maximum Gasteiger partial charge on any atom is 0.321 e. The minimum absolute atomic E-state index is 0.143. The zero-order chi connectivity index (χ0) is 18.5. The topological polar surface area (TPSA) is 69.5 Å². The van der Waals surface area contributed by atoms with Crippen molar-refractivity contribution in [1.82, 2.24) is 4.98 Å². The molecule has 1 saturated heterocycles. The number of ether oxygens (including phenoxy) is 1. The summed E-state index contributed by atoms with van der Waals surface area (Å²) in [5, 5.41) is 9.33. The standard InChI is InChI=1S/C18H16Cl2N4O2/c19-14-3-1-13(2-4-14)12-24(18(20)25)17-9-15(11-22-16(17)10-21)23-5-7-26-8-6-23/h1-4,9,11H,5-8,12H2. The van der Waals surface area contributed by atoms with Crippen LogP contribution in [0.2, 0.25) is 5.02 Å². The largest absolute Gasteiger partial charge is 0.378 e. The number of nitrogens with zero attached hydrogens (tertiary/aromatic N) is 4. The Labute approximate surface area is 161 Å². The van der Waals surface area contributed by atoms with Gasteiger partial charge in [-0.05, 0) is 35.4 Å². The van der Waals surface area contributed by atoms with Crippen LogP contribution < -0.4 is 9.80 Å². The van der Waals surface area contributed by atoms with E-state index in [2.05, 4.69) is 9.88 Å². The summed E-state index contributed by atoms with van der Waals surface area (Å²) in [5.41, 5.74) is 2.18. The van der Waals surface area contributed by atoms with Crippen molar-refractivity contribution in [2.24, 2.45) is 0 Å². The molecule has 1 aliphatic rings. The van der Waals surface area contributed by atoms with Gasteiger partial charge in [0.05, 0.1) is 37.3 Å². The smallest absolute Gasteiger partial charge is 0.321 e. The number of rotatable bonds is 4. The summed E-state index contributed by atoms with van der Waals surface area (Å²) >= 11 is 11.7. The Hall–Kier alpha value is -2.33. The molecular formula is C18H16Cl2N4O2. The van der Waals surface area contributed by atoms with Crippen molar-refractivity contribution in [3.63, 3.8) is 0 Å². The lowest BCUT2D eigenvalue weighted by molar-refractivity contribution is 0.122. The van der Waals surface area contributed by atoms with Gasteiger partial charge < -0.3 is 9.64 Å². The third-order valence-corrected chi connectivity index (χ3v) is 4.55. The number of nitriles is 1. The Morgan fingerprint density at radius 2 is 2.00 bits per heavy atom. The molecule has 1 fully saturated rings. The number of amides is 1. The van der Waals surface area contributed by atoms with E-state index in [0.717, 1.165) is 24.3 Å². The van der Waals surface area contributed by atoms with Gasteiger partial charge in [0.25, 0.3) is 0 Å². The number of benzene rings is 1. The Morgan fingerprint density at radius 3 is 2.62 bits per heavy atom. The zero-order valence-electron chi connectivity index (χ0n) is 13.9. The molecule has 0 unspecified atom stereocenters. The molecule has 0 bridgehead atoms. The van der Waals surface area contributed by atoms with Gasteiger partial charge in [-0.3, -0.25) is 9.69 Å². The van der Waals surface area contributed by atoms with Crippen LogP contribution >= 0.6 is 23.2 Å². The first kappa shape index (κ1) is 18.5. The van der Waals surface area contributed by atoms with E-state index < -0.39 is 5.37 Å². The van der Waals surface area contributed by atoms with E-state index in [0.29, 0.717) is 23.9 Å². The number of carbonyl (C=O) groups is 1. The highest BCUT2D eigenvalue weighted by atomic mass is 35.5. The molecule has 1 aromatic carbocycles. The second-order valence-electron chi connectivity index (χ2n) is 5.74. The molecule has 1 aromatic heterocycles. The van der Waals surface area contributed by atoms with E-state index in [1.165, 1.54) is 4.90 Å². The summed E-state index contributed by atoms with van der Waals surface area (Å²) in [6.07, 6.45) is 1.63. The van der Waals surface area contributed by atoms with Gasteiger partial charge in [-0.15, -0.1) is 0 Å². The second-order valence-corrected chi connectivity index (χ2v) is 6.50. The molecule has 1 aliphatic heterocycles. The van der Waals surface area contributed by atoms with E-state index in [4.69, 9.17) is 27.9 Å². The molecule has 0 atom stereocenters. The molecule has 26 heavy (non-hydrogen) atoms. The summed E-state index contributed by atoms with van der Waals surface area (Å²) in [6, 6.07) is 10.9. The normalized spacial score (nSPS) is 14.0. The van der Waals surface area contributed by atoms with Crippen LogP contribution in [0.5, 0.6) is 0 Å². The van der Waals surface area contributed by atoms with Crippen molar-refractivity contribution in [1.29, 1.82) is 5.26 Å². The highest BCUT2D eigenvalue weighted by Gasteiger charge is 2.21. The maximum atomic E-state index is 12.1. The number of hydrogen-bond donors (Lipinski definition) is 0. The molecule has 134 valence electrons. The number of hydrogen-bond acceptors (Lipinski definition) is 5. The van der Waals surface area contributed by atoms with Crippen molar-refractivity contribution in [2.45, 2.75) is 6.54 Å². The number of halogens is 2. The van der Waals surface area contributed by atoms with E-state index >= 15 is 0 Å². The first-order valence-electron chi connectivity index (χ1n) is 8.03. The molecule has 8 heteroatoms. The zero-order valence-corrected chi connectivity index (χ0v) is 15.4. The van der Waals surface area contributed by atoms with Crippen molar-refractivity contribution in [3.05, 3.63) is 52.8 Å². The van der Waals surface area contributed by atoms with Crippen LogP contribution in [0, 0.1) is 11.3 Å². The van der Waals surface area contributed by atoms with Crippen LogP contribution in [0.15, 0.2) is 36.5 Å². The van der Waals surface area contributed by atoms with Crippen molar-refractivity contribution >= 4 is 39.9 Å². The summed E-state index contributed by atoms with van der Waals surface area (Å²) in [7, 11) is 0. The fraction of sp³-hybridized carbons (Fsp3) is 0.278. The lowest BCUT2D eigenvalue weighted by Gasteiger charge is -2.30. The summed E-state index contributed by atoms with van der Waals surface area (Å²) in [6.45, 7) is 2.90. The van der Waals surface area contributed by atoms with E-state index in [1.54, 1.807) is 36.5 Å². The van der Waals surface area contributed by atoms with Gasteiger partial charge in [-0.1, -0.05) is 23.7 Å². The molecule has 6 nitrogen and oxygen atoms in total. The van der Waals surface area contributed by atoms with Crippen LogP contribution in [0.3, 0.4) is 0 Å². The Balaban J connectivity index is 1.95. The molecule has 0 spiro atoms. The van der Waals surface area contributed by atoms with Crippen LogP contribution in [-0.2, 0) is 11.3 Å². The average Bonchev–Trinajstić information content (AvgIpc) is 2.67. The van der Waals surface area contributed by atoms with Gasteiger partial charge in [0.15, 0.2) is 5.69 Å². The molecule has 1 amide bonds. The monoisotopic (exact) mass is 390 g/mol. The van der Waals surface area contributed by atoms with E-state index in [1.807, 2.05) is 6.07 Å². The molecule has 0 radical (unpaired) electrons. The predicted octanol–water partition coefficient (Wildman–Crippen LogP) is 3.81. The van der Waals surface area contributed by atoms with Crippen LogP contribution in [0.1, 0.15) is 11.3 Å². The van der Waals surface area contributed by atoms with Crippen LogP contribution in [-0.4, -0.2) is 36.7 Å². The van der Waals surface area contributed by atoms with Gasteiger partial charge >= 0.3 is 5.37 Å². The number of pyridine rings is 1. The fourth-order valence-electron chi connectivity index (χ4n) is 2.74. The van der Waals surface area contributed by atoms with Crippen molar-refractivity contribution < 1.29 is 9.53 Å². The highest BCUT2D eigenvalue weighted by molar-refractivity contribution is 6.66.